The SMILES string of the molecule is CNCc1ccc(N2CCCCC2)c(OC(C)C)c1. The first-order chi connectivity index (χ1) is 9.20. The van der Waals surface area contributed by atoms with Crippen LogP contribution in [0.5, 0.6) is 5.75 Å². The summed E-state index contributed by atoms with van der Waals surface area (Å²) in [6, 6.07) is 6.60. The fourth-order valence-electron chi connectivity index (χ4n) is 2.62. The maximum atomic E-state index is 6.02. The lowest BCUT2D eigenvalue weighted by molar-refractivity contribution is 0.242. The van der Waals surface area contributed by atoms with Gasteiger partial charge in [-0.3, -0.25) is 0 Å². The Kier molecular flexibility index (Phi) is 5.08. The molecule has 19 heavy (non-hydrogen) atoms. The smallest absolute Gasteiger partial charge is 0.143 e. The van der Waals surface area contributed by atoms with Crippen molar-refractivity contribution < 1.29 is 4.74 Å². The van der Waals surface area contributed by atoms with Crippen molar-refractivity contribution in [2.45, 2.75) is 45.8 Å². The molecule has 0 saturated carbocycles. The van der Waals surface area contributed by atoms with Gasteiger partial charge in [-0.05, 0) is 57.9 Å². The van der Waals surface area contributed by atoms with Gasteiger partial charge in [-0.15, -0.1) is 0 Å². The second-order valence-electron chi connectivity index (χ2n) is 5.55. The van der Waals surface area contributed by atoms with Crippen LogP contribution in [0.4, 0.5) is 5.69 Å². The van der Waals surface area contributed by atoms with E-state index in [4.69, 9.17) is 4.74 Å². The molecular weight excluding hydrogens is 236 g/mol. The van der Waals surface area contributed by atoms with E-state index in [0.29, 0.717) is 0 Å². The molecule has 2 rings (SSSR count). The Morgan fingerprint density at radius 1 is 1.21 bits per heavy atom. The van der Waals surface area contributed by atoms with Crippen LogP contribution >= 0.6 is 0 Å². The summed E-state index contributed by atoms with van der Waals surface area (Å²) in [7, 11) is 1.97. The first-order valence-electron chi connectivity index (χ1n) is 7.40. The Balaban J connectivity index is 2.23. The van der Waals surface area contributed by atoms with Gasteiger partial charge in [-0.2, -0.15) is 0 Å². The highest BCUT2D eigenvalue weighted by Gasteiger charge is 2.16. The highest BCUT2D eigenvalue weighted by molar-refractivity contribution is 5.60. The maximum Gasteiger partial charge on any atom is 0.143 e. The fourth-order valence-corrected chi connectivity index (χ4v) is 2.62. The van der Waals surface area contributed by atoms with Crippen molar-refractivity contribution in [3.05, 3.63) is 23.8 Å². The number of hydrogen-bond donors (Lipinski definition) is 1. The van der Waals surface area contributed by atoms with Crippen LogP contribution in [-0.4, -0.2) is 26.2 Å². The molecule has 3 heteroatoms. The van der Waals surface area contributed by atoms with Gasteiger partial charge in [-0.25, -0.2) is 0 Å². The predicted molar refractivity (Wildman–Crippen MR) is 81.0 cm³/mol. The third kappa shape index (κ3) is 3.87. The first-order valence-corrected chi connectivity index (χ1v) is 7.40. The lowest BCUT2D eigenvalue weighted by Gasteiger charge is -2.31. The van der Waals surface area contributed by atoms with Gasteiger partial charge in [0.25, 0.3) is 0 Å². The van der Waals surface area contributed by atoms with E-state index in [1.165, 1.54) is 30.5 Å². The van der Waals surface area contributed by atoms with E-state index in [2.05, 4.69) is 42.3 Å². The molecule has 1 fully saturated rings. The molecule has 1 heterocycles. The second kappa shape index (κ2) is 6.80. The molecule has 0 aliphatic carbocycles. The van der Waals surface area contributed by atoms with Crippen molar-refractivity contribution >= 4 is 5.69 Å². The summed E-state index contributed by atoms with van der Waals surface area (Å²) in [5.41, 5.74) is 2.53. The molecule has 1 saturated heterocycles. The van der Waals surface area contributed by atoms with Gasteiger partial charge in [0.1, 0.15) is 5.75 Å². The van der Waals surface area contributed by atoms with Gasteiger partial charge >= 0.3 is 0 Å². The van der Waals surface area contributed by atoms with E-state index in [0.717, 1.165) is 25.4 Å². The van der Waals surface area contributed by atoms with Crippen molar-refractivity contribution in [1.82, 2.24) is 5.32 Å². The van der Waals surface area contributed by atoms with Crippen LogP contribution < -0.4 is 15.0 Å². The summed E-state index contributed by atoms with van der Waals surface area (Å²) in [6.45, 7) is 7.36. The molecule has 1 aromatic carbocycles. The predicted octanol–water partition coefficient (Wildman–Crippen LogP) is 3.18. The van der Waals surface area contributed by atoms with Gasteiger partial charge in [0.05, 0.1) is 11.8 Å². The summed E-state index contributed by atoms with van der Waals surface area (Å²) in [6.07, 6.45) is 4.15. The Labute approximate surface area is 116 Å². The molecule has 0 bridgehead atoms. The third-order valence-corrected chi connectivity index (χ3v) is 3.46. The van der Waals surface area contributed by atoms with Crippen molar-refractivity contribution in [1.29, 1.82) is 0 Å². The average molecular weight is 262 g/mol. The summed E-state index contributed by atoms with van der Waals surface area (Å²) in [5.74, 6) is 1.03. The molecule has 0 amide bonds. The molecular formula is C16H26N2O. The van der Waals surface area contributed by atoms with E-state index in [9.17, 15) is 0 Å². The summed E-state index contributed by atoms with van der Waals surface area (Å²) < 4.78 is 6.02. The zero-order valence-electron chi connectivity index (χ0n) is 12.4. The lowest BCUT2D eigenvalue weighted by atomic mass is 10.1. The van der Waals surface area contributed by atoms with E-state index in [1.807, 2.05) is 7.05 Å². The highest BCUT2D eigenvalue weighted by Crippen LogP contribution is 2.32. The molecule has 0 spiro atoms. The number of ether oxygens (including phenoxy) is 1. The van der Waals surface area contributed by atoms with Crippen LogP contribution in [0.1, 0.15) is 38.7 Å². The normalized spacial score (nSPS) is 15.9. The second-order valence-corrected chi connectivity index (χ2v) is 5.55. The lowest BCUT2D eigenvalue weighted by Crippen LogP contribution is -2.30. The minimum absolute atomic E-state index is 0.216. The van der Waals surface area contributed by atoms with Crippen LogP contribution in [0.15, 0.2) is 18.2 Å². The molecule has 0 atom stereocenters. The Morgan fingerprint density at radius 2 is 1.95 bits per heavy atom. The molecule has 1 aliphatic heterocycles. The van der Waals surface area contributed by atoms with E-state index < -0.39 is 0 Å². The van der Waals surface area contributed by atoms with Crippen LogP contribution in [0.2, 0.25) is 0 Å². The summed E-state index contributed by atoms with van der Waals surface area (Å²) in [5, 5.41) is 3.19. The largest absolute Gasteiger partial charge is 0.489 e. The zero-order valence-corrected chi connectivity index (χ0v) is 12.4. The topological polar surface area (TPSA) is 24.5 Å². The van der Waals surface area contributed by atoms with Gasteiger partial charge in [0.2, 0.25) is 0 Å². The standard InChI is InChI=1S/C16H26N2O/c1-13(2)19-16-11-14(12-17-3)7-8-15(16)18-9-5-4-6-10-18/h7-8,11,13,17H,4-6,9-10,12H2,1-3H3. The Morgan fingerprint density at radius 3 is 2.58 bits per heavy atom. The summed E-state index contributed by atoms with van der Waals surface area (Å²) in [4.78, 5) is 2.46. The molecule has 0 radical (unpaired) electrons. The third-order valence-electron chi connectivity index (χ3n) is 3.46. The van der Waals surface area contributed by atoms with E-state index in [1.54, 1.807) is 0 Å². The minimum atomic E-state index is 0.216. The van der Waals surface area contributed by atoms with Gasteiger partial charge in [0.15, 0.2) is 0 Å². The minimum Gasteiger partial charge on any atom is -0.489 e. The van der Waals surface area contributed by atoms with Crippen LogP contribution in [0, 0.1) is 0 Å². The molecule has 1 N–H and O–H groups in total. The Hall–Kier alpha value is -1.22. The van der Waals surface area contributed by atoms with Crippen LogP contribution in [-0.2, 0) is 6.54 Å². The monoisotopic (exact) mass is 262 g/mol. The first kappa shape index (κ1) is 14.2. The number of nitrogens with one attached hydrogen (secondary N) is 1. The molecule has 0 unspecified atom stereocenters. The number of hydrogen-bond acceptors (Lipinski definition) is 3. The number of piperidine rings is 1. The fraction of sp³-hybridized carbons (Fsp3) is 0.625. The zero-order chi connectivity index (χ0) is 13.7. The molecule has 0 aromatic heterocycles. The Bertz CT molecular complexity index is 398. The summed E-state index contributed by atoms with van der Waals surface area (Å²) >= 11 is 0. The molecule has 1 aromatic rings. The molecule has 3 nitrogen and oxygen atoms in total. The van der Waals surface area contributed by atoms with Gasteiger partial charge in [0, 0.05) is 19.6 Å². The number of anilines is 1. The van der Waals surface area contributed by atoms with Crippen LogP contribution in [0.25, 0.3) is 0 Å². The van der Waals surface area contributed by atoms with Gasteiger partial charge in [-0.1, -0.05) is 6.07 Å². The number of benzene rings is 1. The number of nitrogens with zero attached hydrogens (tertiary/aromatic N) is 1. The van der Waals surface area contributed by atoms with Crippen molar-refractivity contribution in [2.75, 3.05) is 25.0 Å². The molecule has 106 valence electrons. The number of rotatable bonds is 5. The van der Waals surface area contributed by atoms with Crippen molar-refractivity contribution in [3.63, 3.8) is 0 Å². The highest BCUT2D eigenvalue weighted by atomic mass is 16.5. The van der Waals surface area contributed by atoms with Crippen LogP contribution in [0.3, 0.4) is 0 Å². The molecule has 1 aliphatic rings. The van der Waals surface area contributed by atoms with Crippen molar-refractivity contribution in [3.8, 4) is 5.75 Å². The average Bonchev–Trinajstić information content (AvgIpc) is 2.40. The van der Waals surface area contributed by atoms with Gasteiger partial charge < -0.3 is 15.0 Å². The maximum absolute atomic E-state index is 6.02. The van der Waals surface area contributed by atoms with E-state index >= 15 is 0 Å². The van der Waals surface area contributed by atoms with E-state index in [-0.39, 0.29) is 6.10 Å². The quantitative estimate of drug-likeness (QED) is 0.882. The van der Waals surface area contributed by atoms with Crippen molar-refractivity contribution in [2.24, 2.45) is 0 Å².